The number of benzene rings is 2. The fourth-order valence-electron chi connectivity index (χ4n) is 2.95. The Morgan fingerprint density at radius 3 is 2.39 bits per heavy atom. The average Bonchev–Trinajstić information content (AvgIpc) is 3.29. The fourth-order valence-corrected chi connectivity index (χ4v) is 2.95. The van der Waals surface area contributed by atoms with Crippen LogP contribution in [0.2, 0.25) is 0 Å². The summed E-state index contributed by atoms with van der Waals surface area (Å²) < 4.78 is 15.6. The first-order chi connectivity index (χ1) is 15.1. The summed E-state index contributed by atoms with van der Waals surface area (Å²) in [6.45, 7) is 0.586. The molecule has 0 bridgehead atoms. The Kier molecular flexibility index (Phi) is 5.79. The number of nitrogens with one attached hydrogen (secondary N) is 2. The summed E-state index contributed by atoms with van der Waals surface area (Å²) >= 11 is 0. The quantitative estimate of drug-likeness (QED) is 0.499. The molecule has 4 rings (SSSR count). The van der Waals surface area contributed by atoms with Gasteiger partial charge in [-0.3, -0.25) is 19.3 Å². The van der Waals surface area contributed by atoms with Gasteiger partial charge in [-0.15, -0.1) is 0 Å². The maximum atomic E-state index is 13.8. The van der Waals surface area contributed by atoms with E-state index in [1.165, 1.54) is 18.3 Å². The summed E-state index contributed by atoms with van der Waals surface area (Å²) in [7, 11) is 0. The van der Waals surface area contributed by atoms with Crippen molar-refractivity contribution in [2.24, 2.45) is 0 Å². The first-order valence-electron chi connectivity index (χ1n) is 9.48. The Labute approximate surface area is 177 Å². The first-order valence-corrected chi connectivity index (χ1v) is 9.48. The fraction of sp³-hybridized carbons (Fsp3) is 0.0435. The minimum absolute atomic E-state index is 0.148. The smallest absolute Gasteiger partial charge is 0.274 e. The third-order valence-corrected chi connectivity index (χ3v) is 4.50. The topological polar surface area (TPSA) is 88.9 Å². The molecule has 0 saturated carbocycles. The zero-order valence-corrected chi connectivity index (χ0v) is 16.3. The summed E-state index contributed by atoms with van der Waals surface area (Å²) in [6.07, 6.45) is 5.05. The third kappa shape index (κ3) is 4.99. The summed E-state index contributed by atoms with van der Waals surface area (Å²) in [5.41, 5.74) is 2.00. The molecular formula is C23H18FN5O2. The van der Waals surface area contributed by atoms with Gasteiger partial charge in [0.25, 0.3) is 11.8 Å². The Bertz CT molecular complexity index is 1190. The molecule has 31 heavy (non-hydrogen) atoms. The van der Waals surface area contributed by atoms with E-state index < -0.39 is 17.6 Å². The van der Waals surface area contributed by atoms with Gasteiger partial charge in [0, 0.05) is 24.2 Å². The van der Waals surface area contributed by atoms with Gasteiger partial charge in [-0.25, -0.2) is 4.39 Å². The molecule has 0 atom stereocenters. The van der Waals surface area contributed by atoms with E-state index in [9.17, 15) is 14.0 Å². The number of rotatable bonds is 6. The van der Waals surface area contributed by atoms with Gasteiger partial charge in [0.1, 0.15) is 11.5 Å². The van der Waals surface area contributed by atoms with Crippen molar-refractivity contribution < 1.29 is 14.0 Å². The van der Waals surface area contributed by atoms with Crippen molar-refractivity contribution in [2.75, 3.05) is 10.6 Å². The molecule has 2 aromatic carbocycles. The van der Waals surface area contributed by atoms with Crippen LogP contribution in [0.3, 0.4) is 0 Å². The van der Waals surface area contributed by atoms with Crippen LogP contribution in [0.4, 0.5) is 15.8 Å². The highest BCUT2D eigenvalue weighted by molar-refractivity contribution is 6.09. The number of halogens is 1. The monoisotopic (exact) mass is 415 g/mol. The Morgan fingerprint density at radius 1 is 0.871 bits per heavy atom. The minimum Gasteiger partial charge on any atom is -0.320 e. The number of amides is 2. The highest BCUT2D eigenvalue weighted by Crippen LogP contribution is 2.24. The van der Waals surface area contributed by atoms with Crippen LogP contribution in [0.25, 0.3) is 0 Å². The van der Waals surface area contributed by atoms with E-state index in [0.717, 1.165) is 11.6 Å². The molecule has 0 spiro atoms. The largest absolute Gasteiger partial charge is 0.320 e. The van der Waals surface area contributed by atoms with Crippen molar-refractivity contribution in [3.63, 3.8) is 0 Å². The summed E-state index contributed by atoms with van der Waals surface area (Å²) in [5, 5.41) is 9.46. The van der Waals surface area contributed by atoms with Crippen molar-refractivity contribution in [3.05, 3.63) is 108 Å². The lowest BCUT2D eigenvalue weighted by molar-refractivity contribution is 0.101. The molecule has 2 N–H and O–H groups in total. The lowest BCUT2D eigenvalue weighted by Crippen LogP contribution is -2.17. The number of nitrogens with zero attached hydrogens (tertiary/aromatic N) is 3. The molecule has 4 aromatic rings. The van der Waals surface area contributed by atoms with Crippen molar-refractivity contribution in [1.82, 2.24) is 14.8 Å². The second kappa shape index (κ2) is 9.00. The van der Waals surface area contributed by atoms with Gasteiger partial charge in [-0.1, -0.05) is 18.2 Å². The number of pyridine rings is 1. The molecule has 2 aromatic heterocycles. The number of hydrogen-bond donors (Lipinski definition) is 2. The standard InChI is InChI=1S/C23H18FN5O2/c24-18-9-10-19(27-23(31)20-4-1-2-11-25-20)21(14-18)28-22(30)17-7-5-16(6-8-17)15-29-13-3-12-26-29/h1-14H,15H2,(H,27,31)(H,28,30). The van der Waals surface area contributed by atoms with Gasteiger partial charge >= 0.3 is 0 Å². The molecular weight excluding hydrogens is 397 g/mol. The number of carbonyl (C=O) groups is 2. The summed E-state index contributed by atoms with van der Waals surface area (Å²) in [5.74, 6) is -1.43. The minimum atomic E-state index is -0.541. The normalized spacial score (nSPS) is 10.5. The van der Waals surface area contributed by atoms with Crippen LogP contribution in [0, 0.1) is 5.82 Å². The van der Waals surface area contributed by atoms with Crippen LogP contribution in [0.5, 0.6) is 0 Å². The van der Waals surface area contributed by atoms with Crippen LogP contribution in [-0.2, 0) is 6.54 Å². The van der Waals surface area contributed by atoms with Crippen molar-refractivity contribution >= 4 is 23.2 Å². The predicted molar refractivity (Wildman–Crippen MR) is 114 cm³/mol. The van der Waals surface area contributed by atoms with Crippen molar-refractivity contribution in [3.8, 4) is 0 Å². The molecule has 0 unspecified atom stereocenters. The summed E-state index contributed by atoms with van der Waals surface area (Å²) in [4.78, 5) is 29.1. The van der Waals surface area contributed by atoms with Crippen molar-refractivity contribution in [1.29, 1.82) is 0 Å². The maximum Gasteiger partial charge on any atom is 0.274 e. The summed E-state index contributed by atoms with van der Waals surface area (Å²) in [6, 6.07) is 17.5. The Balaban J connectivity index is 1.48. The van der Waals surface area contributed by atoms with Crippen molar-refractivity contribution in [2.45, 2.75) is 6.54 Å². The Hall–Kier alpha value is -4.33. The van der Waals surface area contributed by atoms with Crippen LogP contribution in [0.15, 0.2) is 85.3 Å². The molecule has 0 fully saturated rings. The van der Waals surface area contributed by atoms with Crippen LogP contribution in [-0.4, -0.2) is 26.6 Å². The SMILES string of the molecule is O=C(Nc1cc(F)ccc1NC(=O)c1ccccn1)c1ccc(Cn2cccn2)cc1. The number of hydrogen-bond acceptors (Lipinski definition) is 4. The molecule has 7 nitrogen and oxygen atoms in total. The molecule has 8 heteroatoms. The highest BCUT2D eigenvalue weighted by Gasteiger charge is 2.14. The van der Waals surface area contributed by atoms with Crippen LogP contribution >= 0.6 is 0 Å². The van der Waals surface area contributed by atoms with E-state index in [0.29, 0.717) is 12.1 Å². The molecule has 154 valence electrons. The van der Waals surface area contributed by atoms with Gasteiger partial charge in [0.15, 0.2) is 0 Å². The van der Waals surface area contributed by atoms with E-state index >= 15 is 0 Å². The molecule has 0 aliphatic rings. The van der Waals surface area contributed by atoms with Gasteiger partial charge in [-0.05, 0) is 54.1 Å². The van der Waals surface area contributed by atoms with Crippen LogP contribution in [0.1, 0.15) is 26.4 Å². The maximum absolute atomic E-state index is 13.8. The lowest BCUT2D eigenvalue weighted by atomic mass is 10.1. The number of anilines is 2. The highest BCUT2D eigenvalue weighted by atomic mass is 19.1. The first kappa shape index (κ1) is 20.0. The average molecular weight is 415 g/mol. The van der Waals surface area contributed by atoms with E-state index in [1.807, 2.05) is 24.4 Å². The van der Waals surface area contributed by atoms with Gasteiger partial charge < -0.3 is 10.6 Å². The molecule has 0 saturated heterocycles. The predicted octanol–water partition coefficient (Wildman–Crippen LogP) is 3.97. The lowest BCUT2D eigenvalue weighted by Gasteiger charge is -2.13. The van der Waals surface area contributed by atoms with Gasteiger partial charge in [-0.2, -0.15) is 5.10 Å². The van der Waals surface area contributed by atoms with Gasteiger partial charge in [0.2, 0.25) is 0 Å². The van der Waals surface area contributed by atoms with E-state index in [4.69, 9.17) is 0 Å². The molecule has 0 aliphatic carbocycles. The second-order valence-corrected chi connectivity index (χ2v) is 6.71. The molecule has 2 heterocycles. The van der Waals surface area contributed by atoms with Crippen LogP contribution < -0.4 is 10.6 Å². The molecule has 2 amide bonds. The molecule has 0 radical (unpaired) electrons. The van der Waals surface area contributed by atoms with E-state index in [2.05, 4.69) is 20.7 Å². The number of carbonyl (C=O) groups excluding carboxylic acids is 2. The zero-order chi connectivity index (χ0) is 21.6. The van der Waals surface area contributed by atoms with Gasteiger partial charge in [0.05, 0.1) is 17.9 Å². The molecule has 0 aliphatic heterocycles. The zero-order valence-electron chi connectivity index (χ0n) is 16.3. The number of aromatic nitrogens is 3. The van der Waals surface area contributed by atoms with E-state index in [1.54, 1.807) is 41.2 Å². The van der Waals surface area contributed by atoms with E-state index in [-0.39, 0.29) is 17.1 Å². The Morgan fingerprint density at radius 2 is 1.68 bits per heavy atom. The second-order valence-electron chi connectivity index (χ2n) is 6.71. The third-order valence-electron chi connectivity index (χ3n) is 4.50.